The molecule has 9 heteroatoms. The van der Waals surface area contributed by atoms with Gasteiger partial charge in [-0.1, -0.05) is 5.16 Å². The molecule has 0 atom stereocenters. The molecule has 8 nitrogen and oxygen atoms in total. The summed E-state index contributed by atoms with van der Waals surface area (Å²) in [5.74, 6) is -0.0977. The van der Waals surface area contributed by atoms with E-state index in [1.54, 1.807) is 12.6 Å². The minimum absolute atomic E-state index is 0.122. The van der Waals surface area contributed by atoms with Crippen LogP contribution in [0, 0.1) is 0 Å². The molecule has 0 saturated carbocycles. The summed E-state index contributed by atoms with van der Waals surface area (Å²) in [5, 5.41) is 18.1. The van der Waals surface area contributed by atoms with Gasteiger partial charge in [0.25, 0.3) is 5.91 Å². The first-order valence-electron chi connectivity index (χ1n) is 4.83. The summed E-state index contributed by atoms with van der Waals surface area (Å²) < 4.78 is 1.42. The van der Waals surface area contributed by atoms with E-state index < -0.39 is 0 Å². The molecule has 0 aliphatic carbocycles. The number of amidine groups is 1. The third-order valence-corrected chi connectivity index (χ3v) is 2.98. The highest BCUT2D eigenvalue weighted by molar-refractivity contribution is 7.11. The summed E-state index contributed by atoms with van der Waals surface area (Å²) in [6.45, 7) is 0. The third kappa shape index (κ3) is 2.15. The maximum Gasteiger partial charge on any atom is 0.268 e. The van der Waals surface area contributed by atoms with Crippen LogP contribution in [-0.2, 0) is 7.05 Å². The zero-order valence-corrected chi connectivity index (χ0v) is 10.2. The maximum absolute atomic E-state index is 11.9. The number of rotatable bonds is 3. The molecule has 0 aromatic carbocycles. The van der Waals surface area contributed by atoms with Gasteiger partial charge in [0.2, 0.25) is 0 Å². The molecule has 1 amide bonds. The number of hydrogen-bond acceptors (Lipinski definition) is 6. The highest BCUT2D eigenvalue weighted by atomic mass is 32.1. The molecular formula is C9H10N6O2S. The fraction of sp³-hybridized carbons (Fsp3) is 0.111. The molecule has 0 radical (unpaired) electrons. The summed E-state index contributed by atoms with van der Waals surface area (Å²) in [6.07, 6.45) is 2.86. The second-order valence-electron chi connectivity index (χ2n) is 3.34. The van der Waals surface area contributed by atoms with Crippen molar-refractivity contribution in [1.82, 2.24) is 14.8 Å². The maximum atomic E-state index is 11.9. The summed E-state index contributed by atoms with van der Waals surface area (Å²) in [6, 6.07) is 0. The molecule has 94 valence electrons. The van der Waals surface area contributed by atoms with Gasteiger partial charge in [0, 0.05) is 7.05 Å². The van der Waals surface area contributed by atoms with Crippen LogP contribution in [0.25, 0.3) is 0 Å². The Morgan fingerprint density at radius 3 is 3.00 bits per heavy atom. The van der Waals surface area contributed by atoms with E-state index in [-0.39, 0.29) is 11.7 Å². The highest BCUT2D eigenvalue weighted by Gasteiger charge is 2.16. The number of carbonyl (C=O) groups excluding carboxylic acids is 1. The fourth-order valence-corrected chi connectivity index (χ4v) is 1.84. The zero-order chi connectivity index (χ0) is 13.1. The summed E-state index contributed by atoms with van der Waals surface area (Å²) in [7, 11) is 1.64. The van der Waals surface area contributed by atoms with Gasteiger partial charge in [0.05, 0.1) is 23.5 Å². The first-order chi connectivity index (χ1) is 8.63. The van der Waals surface area contributed by atoms with Crippen molar-refractivity contribution in [2.45, 2.75) is 0 Å². The number of aromatic nitrogens is 3. The quantitative estimate of drug-likeness (QED) is 0.318. The van der Waals surface area contributed by atoms with Crippen molar-refractivity contribution in [2.75, 3.05) is 5.32 Å². The fourth-order valence-electron chi connectivity index (χ4n) is 1.32. The predicted octanol–water partition coefficient (Wildman–Crippen LogP) is 0.223. The number of anilines is 1. The molecule has 0 spiro atoms. The van der Waals surface area contributed by atoms with Crippen molar-refractivity contribution in [3.63, 3.8) is 0 Å². The molecular weight excluding hydrogens is 256 g/mol. The lowest BCUT2D eigenvalue weighted by molar-refractivity contribution is 0.102. The van der Waals surface area contributed by atoms with Gasteiger partial charge >= 0.3 is 0 Å². The van der Waals surface area contributed by atoms with Crippen LogP contribution in [0.1, 0.15) is 15.2 Å². The average Bonchev–Trinajstić information content (AvgIpc) is 2.99. The average molecular weight is 266 g/mol. The second-order valence-corrected chi connectivity index (χ2v) is 4.22. The van der Waals surface area contributed by atoms with Crippen molar-refractivity contribution in [2.24, 2.45) is 17.9 Å². The van der Waals surface area contributed by atoms with Gasteiger partial charge in [0.15, 0.2) is 5.84 Å². The minimum atomic E-state index is -0.326. The number of thiazole rings is 1. The molecule has 18 heavy (non-hydrogen) atoms. The topological polar surface area (TPSA) is 118 Å². The molecule has 2 aromatic rings. The monoisotopic (exact) mass is 266 g/mol. The summed E-state index contributed by atoms with van der Waals surface area (Å²) in [4.78, 5) is 16.1. The molecule has 0 unspecified atom stereocenters. The predicted molar refractivity (Wildman–Crippen MR) is 65.8 cm³/mol. The SMILES string of the molecule is Cn1ncc(C(N)=NO)c1NC(=O)c1cncs1. The normalized spacial score (nSPS) is 11.5. The molecule has 0 saturated heterocycles. The standard InChI is InChI=1S/C9H10N6O2S/c1-15-8(5(2-12-15)7(10)14-17)13-9(16)6-3-11-4-18-6/h2-4,17H,1H3,(H2,10,14)(H,13,16). The number of aryl methyl sites for hydroxylation is 1. The van der Waals surface area contributed by atoms with Gasteiger partial charge in [-0.15, -0.1) is 11.3 Å². The zero-order valence-electron chi connectivity index (χ0n) is 9.36. The van der Waals surface area contributed by atoms with Crippen LogP contribution in [0.4, 0.5) is 5.82 Å². The van der Waals surface area contributed by atoms with E-state index in [2.05, 4.69) is 20.6 Å². The Kier molecular flexibility index (Phi) is 3.24. The Labute approximate surface area is 106 Å². The van der Waals surface area contributed by atoms with Crippen molar-refractivity contribution in [1.29, 1.82) is 0 Å². The van der Waals surface area contributed by atoms with Gasteiger partial charge in [-0.2, -0.15) is 5.10 Å². The Balaban J connectivity index is 2.29. The van der Waals surface area contributed by atoms with E-state index in [4.69, 9.17) is 10.9 Å². The van der Waals surface area contributed by atoms with Crippen molar-refractivity contribution < 1.29 is 10.0 Å². The number of nitrogens with two attached hydrogens (primary N) is 1. The number of carbonyl (C=O) groups is 1. The Morgan fingerprint density at radius 2 is 2.39 bits per heavy atom. The van der Waals surface area contributed by atoms with Crippen molar-refractivity contribution in [3.8, 4) is 0 Å². The Bertz CT molecular complexity index is 588. The van der Waals surface area contributed by atoms with Crippen LogP contribution in [0.2, 0.25) is 0 Å². The third-order valence-electron chi connectivity index (χ3n) is 2.21. The van der Waals surface area contributed by atoms with Crippen LogP contribution in [0.3, 0.4) is 0 Å². The minimum Gasteiger partial charge on any atom is -0.409 e. The highest BCUT2D eigenvalue weighted by Crippen LogP contribution is 2.16. The molecule has 0 aliphatic heterocycles. The lowest BCUT2D eigenvalue weighted by Crippen LogP contribution is -2.19. The van der Waals surface area contributed by atoms with Crippen LogP contribution < -0.4 is 11.1 Å². The molecule has 0 aliphatic rings. The lowest BCUT2D eigenvalue weighted by atomic mass is 10.3. The largest absolute Gasteiger partial charge is 0.409 e. The van der Waals surface area contributed by atoms with E-state index in [1.807, 2.05) is 0 Å². The van der Waals surface area contributed by atoms with E-state index in [0.29, 0.717) is 16.3 Å². The molecule has 2 heterocycles. The van der Waals surface area contributed by atoms with Crippen LogP contribution in [0.15, 0.2) is 23.1 Å². The lowest BCUT2D eigenvalue weighted by Gasteiger charge is -2.06. The van der Waals surface area contributed by atoms with Gasteiger partial charge in [-0.05, 0) is 0 Å². The Morgan fingerprint density at radius 1 is 1.61 bits per heavy atom. The van der Waals surface area contributed by atoms with E-state index >= 15 is 0 Å². The smallest absolute Gasteiger partial charge is 0.268 e. The van der Waals surface area contributed by atoms with Crippen LogP contribution in [0.5, 0.6) is 0 Å². The molecule has 0 bridgehead atoms. The van der Waals surface area contributed by atoms with Crippen molar-refractivity contribution >= 4 is 28.9 Å². The molecule has 4 N–H and O–H groups in total. The van der Waals surface area contributed by atoms with E-state index in [0.717, 1.165) is 0 Å². The second kappa shape index (κ2) is 4.84. The number of hydrogen-bond donors (Lipinski definition) is 3. The molecule has 0 fully saturated rings. The first kappa shape index (κ1) is 12.0. The Hall–Kier alpha value is -2.42. The number of amides is 1. The summed E-state index contributed by atoms with van der Waals surface area (Å²) >= 11 is 1.22. The molecule has 2 aromatic heterocycles. The van der Waals surface area contributed by atoms with Crippen LogP contribution >= 0.6 is 11.3 Å². The first-order valence-corrected chi connectivity index (χ1v) is 5.71. The van der Waals surface area contributed by atoms with E-state index in [9.17, 15) is 4.79 Å². The number of nitrogens with zero attached hydrogens (tertiary/aromatic N) is 4. The van der Waals surface area contributed by atoms with Gasteiger partial charge in [-0.3, -0.25) is 14.5 Å². The van der Waals surface area contributed by atoms with Crippen molar-refractivity contribution in [3.05, 3.63) is 28.3 Å². The van der Waals surface area contributed by atoms with Gasteiger partial charge < -0.3 is 16.3 Å². The number of nitrogens with one attached hydrogen (secondary N) is 1. The van der Waals surface area contributed by atoms with E-state index in [1.165, 1.54) is 28.4 Å². The van der Waals surface area contributed by atoms with Gasteiger partial charge in [-0.25, -0.2) is 0 Å². The molecule has 2 rings (SSSR count). The van der Waals surface area contributed by atoms with Gasteiger partial charge in [0.1, 0.15) is 10.7 Å². The summed E-state index contributed by atoms with van der Waals surface area (Å²) in [5.41, 5.74) is 7.39. The number of oxime groups is 1. The van der Waals surface area contributed by atoms with Crippen LogP contribution in [-0.4, -0.2) is 31.7 Å².